The monoisotopic (exact) mass is 175 g/mol. The molecule has 1 nitrogen and oxygen atoms in total. The first-order valence-electron chi connectivity index (χ1n) is 3.41. The molecule has 4 heteroatoms. The van der Waals surface area contributed by atoms with Crippen molar-refractivity contribution >= 4 is 0 Å². The molecule has 0 aliphatic heterocycles. The summed E-state index contributed by atoms with van der Waals surface area (Å²) in [5.41, 5.74) is 4.14. The molecule has 2 N–H and O–H groups in total. The molecule has 66 valence electrons. The first kappa shape index (κ1) is 9.06. The molecular weight excluding hydrogens is 167 g/mol. The van der Waals surface area contributed by atoms with E-state index in [0.29, 0.717) is 0 Å². The van der Waals surface area contributed by atoms with Gasteiger partial charge in [0.25, 0.3) is 5.92 Å². The average Bonchev–Trinajstić information content (AvgIpc) is 2.05. The molecule has 0 radical (unpaired) electrons. The van der Waals surface area contributed by atoms with Crippen molar-refractivity contribution in [2.75, 3.05) is 6.54 Å². The van der Waals surface area contributed by atoms with E-state index in [1.165, 1.54) is 12.1 Å². The third-order valence-electron chi connectivity index (χ3n) is 1.52. The smallest absolute Gasteiger partial charge is 0.288 e. The first-order valence-corrected chi connectivity index (χ1v) is 3.41. The molecular formula is C8H8F3N. The van der Waals surface area contributed by atoms with Crippen molar-refractivity contribution in [3.8, 4) is 0 Å². The molecule has 0 unspecified atom stereocenters. The van der Waals surface area contributed by atoms with Gasteiger partial charge in [0.05, 0.1) is 12.1 Å². The lowest BCUT2D eigenvalue weighted by Crippen LogP contribution is -2.26. The van der Waals surface area contributed by atoms with Gasteiger partial charge in [-0.15, -0.1) is 0 Å². The number of nitrogens with two attached hydrogens (primary N) is 1. The number of benzene rings is 1. The summed E-state index contributed by atoms with van der Waals surface area (Å²) in [6.07, 6.45) is 0. The zero-order chi connectivity index (χ0) is 9.19. The molecule has 0 bridgehead atoms. The van der Waals surface area contributed by atoms with Crippen molar-refractivity contribution < 1.29 is 13.2 Å². The van der Waals surface area contributed by atoms with Crippen molar-refractivity contribution in [1.29, 1.82) is 0 Å². The van der Waals surface area contributed by atoms with Crippen LogP contribution in [-0.2, 0) is 5.92 Å². The molecule has 0 spiro atoms. The van der Waals surface area contributed by atoms with Crippen LogP contribution in [0.4, 0.5) is 13.2 Å². The summed E-state index contributed by atoms with van der Waals surface area (Å²) < 4.78 is 38.3. The lowest BCUT2D eigenvalue weighted by Gasteiger charge is -2.14. The Labute approximate surface area is 68.0 Å². The summed E-state index contributed by atoms with van der Waals surface area (Å²) in [6.45, 7) is -0.881. The average molecular weight is 175 g/mol. The van der Waals surface area contributed by atoms with E-state index in [2.05, 4.69) is 0 Å². The molecule has 0 heterocycles. The van der Waals surface area contributed by atoms with Crippen molar-refractivity contribution in [2.24, 2.45) is 5.73 Å². The fourth-order valence-electron chi connectivity index (χ4n) is 0.868. The SMILES string of the molecule is NCC(F)(F)c1ccccc1F. The molecule has 0 aliphatic carbocycles. The second-order valence-corrected chi connectivity index (χ2v) is 2.39. The summed E-state index contributed by atoms with van der Waals surface area (Å²) in [4.78, 5) is 0. The van der Waals surface area contributed by atoms with Crippen LogP contribution in [0.1, 0.15) is 5.56 Å². The molecule has 0 saturated heterocycles. The minimum absolute atomic E-state index is 0.646. The predicted octanol–water partition coefficient (Wildman–Crippen LogP) is 1.88. The molecule has 0 atom stereocenters. The second kappa shape index (κ2) is 3.15. The molecule has 1 aromatic rings. The molecule has 0 saturated carbocycles. The largest absolute Gasteiger partial charge is 0.325 e. The van der Waals surface area contributed by atoms with Gasteiger partial charge < -0.3 is 5.73 Å². The van der Waals surface area contributed by atoms with Crippen LogP contribution in [0.2, 0.25) is 0 Å². The fourth-order valence-corrected chi connectivity index (χ4v) is 0.868. The van der Waals surface area contributed by atoms with E-state index in [1.54, 1.807) is 0 Å². The van der Waals surface area contributed by atoms with Gasteiger partial charge in [0.1, 0.15) is 5.82 Å². The summed E-state index contributed by atoms with van der Waals surface area (Å²) in [5.74, 6) is -4.20. The second-order valence-electron chi connectivity index (χ2n) is 2.39. The fraction of sp³-hybridized carbons (Fsp3) is 0.250. The Morgan fingerprint density at radius 2 is 1.83 bits per heavy atom. The minimum Gasteiger partial charge on any atom is -0.325 e. The van der Waals surface area contributed by atoms with Crippen LogP contribution in [0, 0.1) is 5.82 Å². The number of halogens is 3. The van der Waals surface area contributed by atoms with Gasteiger partial charge in [-0.1, -0.05) is 18.2 Å². The minimum atomic E-state index is -3.27. The molecule has 12 heavy (non-hydrogen) atoms. The molecule has 1 aromatic carbocycles. The maximum atomic E-state index is 12.8. The quantitative estimate of drug-likeness (QED) is 0.729. The number of hydrogen-bond acceptors (Lipinski definition) is 1. The van der Waals surface area contributed by atoms with Gasteiger partial charge in [-0.25, -0.2) is 4.39 Å². The summed E-state index contributed by atoms with van der Waals surface area (Å²) in [6, 6.07) is 4.72. The van der Waals surface area contributed by atoms with Gasteiger partial charge in [-0.3, -0.25) is 0 Å². The van der Waals surface area contributed by atoms with E-state index in [1.807, 2.05) is 0 Å². The van der Waals surface area contributed by atoms with E-state index >= 15 is 0 Å². The highest BCUT2D eigenvalue weighted by molar-refractivity contribution is 5.22. The molecule has 0 aromatic heterocycles. The van der Waals surface area contributed by atoms with Crippen LogP contribution in [0.25, 0.3) is 0 Å². The highest BCUT2D eigenvalue weighted by Crippen LogP contribution is 2.28. The summed E-state index contributed by atoms with van der Waals surface area (Å²) >= 11 is 0. The van der Waals surface area contributed by atoms with Gasteiger partial charge in [0, 0.05) is 0 Å². The highest BCUT2D eigenvalue weighted by atomic mass is 19.3. The number of rotatable bonds is 2. The Morgan fingerprint density at radius 3 is 2.33 bits per heavy atom. The zero-order valence-corrected chi connectivity index (χ0v) is 6.23. The maximum Gasteiger partial charge on any atom is 0.288 e. The van der Waals surface area contributed by atoms with Crippen LogP contribution in [-0.4, -0.2) is 6.54 Å². The zero-order valence-electron chi connectivity index (χ0n) is 6.23. The Morgan fingerprint density at radius 1 is 1.25 bits per heavy atom. The van der Waals surface area contributed by atoms with Gasteiger partial charge in [-0.05, 0) is 6.07 Å². The Kier molecular flexibility index (Phi) is 2.38. The van der Waals surface area contributed by atoms with Crippen molar-refractivity contribution in [1.82, 2.24) is 0 Å². The van der Waals surface area contributed by atoms with E-state index in [0.717, 1.165) is 12.1 Å². The summed E-state index contributed by atoms with van der Waals surface area (Å²) in [5, 5.41) is 0. The van der Waals surface area contributed by atoms with Gasteiger partial charge in [-0.2, -0.15) is 8.78 Å². The first-order chi connectivity index (χ1) is 5.58. The molecule has 1 rings (SSSR count). The van der Waals surface area contributed by atoms with Crippen LogP contribution in [0.5, 0.6) is 0 Å². The Hall–Kier alpha value is -1.03. The van der Waals surface area contributed by atoms with Crippen LogP contribution in [0.3, 0.4) is 0 Å². The Bertz CT molecular complexity index is 273. The topological polar surface area (TPSA) is 26.0 Å². The van der Waals surface area contributed by atoms with E-state index in [-0.39, 0.29) is 0 Å². The highest BCUT2D eigenvalue weighted by Gasteiger charge is 2.32. The Balaban J connectivity index is 3.10. The van der Waals surface area contributed by atoms with Crippen LogP contribution in [0.15, 0.2) is 24.3 Å². The van der Waals surface area contributed by atoms with Gasteiger partial charge >= 0.3 is 0 Å². The van der Waals surface area contributed by atoms with Crippen LogP contribution < -0.4 is 5.73 Å². The molecule has 0 aliphatic rings. The van der Waals surface area contributed by atoms with Crippen LogP contribution >= 0.6 is 0 Å². The van der Waals surface area contributed by atoms with E-state index < -0.39 is 23.8 Å². The molecule has 0 amide bonds. The van der Waals surface area contributed by atoms with Crippen molar-refractivity contribution in [3.63, 3.8) is 0 Å². The van der Waals surface area contributed by atoms with Crippen molar-refractivity contribution in [2.45, 2.75) is 5.92 Å². The third-order valence-corrected chi connectivity index (χ3v) is 1.52. The standard InChI is InChI=1S/C8H8F3N/c9-7-4-2-1-3-6(7)8(10,11)5-12/h1-4H,5,12H2. The van der Waals surface area contributed by atoms with Gasteiger partial charge in [0.15, 0.2) is 0 Å². The number of alkyl halides is 2. The summed E-state index contributed by atoms with van der Waals surface area (Å²) in [7, 11) is 0. The third kappa shape index (κ3) is 1.58. The number of hydrogen-bond donors (Lipinski definition) is 1. The normalized spacial score (nSPS) is 11.7. The maximum absolute atomic E-state index is 12.8. The predicted molar refractivity (Wildman–Crippen MR) is 39.3 cm³/mol. The van der Waals surface area contributed by atoms with Crippen molar-refractivity contribution in [3.05, 3.63) is 35.6 Å². The van der Waals surface area contributed by atoms with Gasteiger partial charge in [0.2, 0.25) is 0 Å². The lowest BCUT2D eigenvalue weighted by atomic mass is 10.1. The van der Waals surface area contributed by atoms with E-state index in [4.69, 9.17) is 5.73 Å². The molecule has 0 fully saturated rings. The lowest BCUT2D eigenvalue weighted by molar-refractivity contribution is 0.00239. The van der Waals surface area contributed by atoms with E-state index in [9.17, 15) is 13.2 Å².